The van der Waals surface area contributed by atoms with Crippen LogP contribution < -0.4 is 4.31 Å². The van der Waals surface area contributed by atoms with E-state index in [-0.39, 0.29) is 4.90 Å². The molecule has 0 saturated heterocycles. The van der Waals surface area contributed by atoms with Crippen LogP contribution in [0.25, 0.3) is 11.0 Å². The van der Waals surface area contributed by atoms with Crippen molar-refractivity contribution in [3.63, 3.8) is 0 Å². The lowest BCUT2D eigenvalue weighted by atomic mass is 10.2. The predicted molar refractivity (Wildman–Crippen MR) is 97.7 cm³/mol. The zero-order valence-electron chi connectivity index (χ0n) is 13.8. The summed E-state index contributed by atoms with van der Waals surface area (Å²) >= 11 is 3.42. The third-order valence-corrected chi connectivity index (χ3v) is 6.64. The Kier molecular flexibility index (Phi) is 4.13. The summed E-state index contributed by atoms with van der Waals surface area (Å²) in [5.41, 5.74) is 2.97. The SMILES string of the molecule is Cc1cc(N(C)S(=O)(=O)c2cnc3c(c2)c(C)nn3C)ccc1Br. The van der Waals surface area contributed by atoms with Gasteiger partial charge in [-0.05, 0) is 43.7 Å². The fourth-order valence-electron chi connectivity index (χ4n) is 2.55. The van der Waals surface area contributed by atoms with E-state index in [2.05, 4.69) is 26.0 Å². The predicted octanol–water partition coefficient (Wildman–Crippen LogP) is 3.17. The van der Waals surface area contributed by atoms with Gasteiger partial charge in [0.2, 0.25) is 0 Å². The van der Waals surface area contributed by atoms with Crippen molar-refractivity contribution in [2.75, 3.05) is 11.4 Å². The van der Waals surface area contributed by atoms with Crippen molar-refractivity contribution in [1.29, 1.82) is 0 Å². The molecule has 0 aliphatic carbocycles. The van der Waals surface area contributed by atoms with Gasteiger partial charge in [0.05, 0.1) is 11.4 Å². The second kappa shape index (κ2) is 5.86. The highest BCUT2D eigenvalue weighted by Crippen LogP contribution is 2.27. The molecule has 0 saturated carbocycles. The Bertz CT molecular complexity index is 1040. The first kappa shape index (κ1) is 16.9. The first-order valence-electron chi connectivity index (χ1n) is 7.26. The molecular weight excluding hydrogens is 392 g/mol. The van der Waals surface area contributed by atoms with Gasteiger partial charge in [0.25, 0.3) is 10.0 Å². The summed E-state index contributed by atoms with van der Waals surface area (Å²) in [6, 6.07) is 7.05. The maximum absolute atomic E-state index is 12.9. The van der Waals surface area contributed by atoms with E-state index in [1.807, 2.05) is 26.0 Å². The molecule has 0 atom stereocenters. The highest BCUT2D eigenvalue weighted by molar-refractivity contribution is 9.10. The van der Waals surface area contributed by atoms with Crippen LogP contribution in [-0.2, 0) is 17.1 Å². The standard InChI is InChI=1S/C16H17BrN4O2S/c1-10-7-12(5-6-15(10)17)21(4)24(22,23)13-8-14-11(2)19-20(3)16(14)18-9-13/h5-9H,1-4H3. The highest BCUT2D eigenvalue weighted by Gasteiger charge is 2.23. The van der Waals surface area contributed by atoms with Crippen molar-refractivity contribution in [3.05, 3.63) is 46.2 Å². The smallest absolute Gasteiger partial charge is 0.265 e. The molecule has 2 heterocycles. The number of pyridine rings is 1. The lowest BCUT2D eigenvalue weighted by molar-refractivity contribution is 0.594. The molecular formula is C16H17BrN4O2S. The van der Waals surface area contributed by atoms with Crippen molar-refractivity contribution >= 4 is 42.7 Å². The highest BCUT2D eigenvalue weighted by atomic mass is 79.9. The molecule has 0 bridgehead atoms. The number of hydrogen-bond acceptors (Lipinski definition) is 4. The topological polar surface area (TPSA) is 68.1 Å². The number of aryl methyl sites for hydroxylation is 3. The third kappa shape index (κ3) is 2.69. The Morgan fingerprint density at radius 2 is 1.92 bits per heavy atom. The molecule has 3 rings (SSSR count). The number of halogens is 1. The van der Waals surface area contributed by atoms with Gasteiger partial charge in [0.1, 0.15) is 4.90 Å². The van der Waals surface area contributed by atoms with E-state index in [1.54, 1.807) is 23.9 Å². The Morgan fingerprint density at radius 1 is 1.21 bits per heavy atom. The molecule has 0 aliphatic heterocycles. The summed E-state index contributed by atoms with van der Waals surface area (Å²) < 4.78 is 29.7. The van der Waals surface area contributed by atoms with Crippen LogP contribution in [0.2, 0.25) is 0 Å². The van der Waals surface area contributed by atoms with E-state index in [0.29, 0.717) is 11.3 Å². The van der Waals surface area contributed by atoms with E-state index in [9.17, 15) is 8.42 Å². The average molecular weight is 409 g/mol. The van der Waals surface area contributed by atoms with Gasteiger partial charge in [-0.15, -0.1) is 0 Å². The van der Waals surface area contributed by atoms with Gasteiger partial charge in [-0.1, -0.05) is 15.9 Å². The van der Waals surface area contributed by atoms with Gasteiger partial charge < -0.3 is 0 Å². The van der Waals surface area contributed by atoms with Crippen LogP contribution in [0, 0.1) is 13.8 Å². The summed E-state index contributed by atoms with van der Waals surface area (Å²) in [5, 5.41) is 5.01. The lowest BCUT2D eigenvalue weighted by Gasteiger charge is -2.20. The normalized spacial score (nSPS) is 11.9. The maximum atomic E-state index is 12.9. The van der Waals surface area contributed by atoms with Crippen LogP contribution in [-0.4, -0.2) is 30.2 Å². The van der Waals surface area contributed by atoms with Crippen molar-refractivity contribution < 1.29 is 8.42 Å². The molecule has 2 aromatic heterocycles. The number of rotatable bonds is 3. The summed E-state index contributed by atoms with van der Waals surface area (Å²) in [5.74, 6) is 0. The molecule has 0 radical (unpaired) electrons. The van der Waals surface area contributed by atoms with E-state index in [4.69, 9.17) is 0 Å². The number of fused-ring (bicyclic) bond motifs is 1. The molecule has 0 fully saturated rings. The minimum absolute atomic E-state index is 0.147. The van der Waals surface area contributed by atoms with Crippen LogP contribution >= 0.6 is 15.9 Å². The molecule has 6 nitrogen and oxygen atoms in total. The van der Waals surface area contributed by atoms with Gasteiger partial charge in [-0.3, -0.25) is 8.99 Å². The quantitative estimate of drug-likeness (QED) is 0.667. The van der Waals surface area contributed by atoms with Crippen LogP contribution in [0.15, 0.2) is 39.8 Å². The zero-order valence-corrected chi connectivity index (χ0v) is 16.2. The van der Waals surface area contributed by atoms with Crippen molar-refractivity contribution in [2.24, 2.45) is 7.05 Å². The molecule has 0 N–H and O–H groups in total. The molecule has 1 aromatic carbocycles. The van der Waals surface area contributed by atoms with Crippen molar-refractivity contribution in [3.8, 4) is 0 Å². The van der Waals surface area contributed by atoms with Gasteiger partial charge in [-0.2, -0.15) is 5.10 Å². The first-order chi connectivity index (χ1) is 11.2. The molecule has 0 unspecified atom stereocenters. The average Bonchev–Trinajstić information content (AvgIpc) is 2.83. The fourth-order valence-corrected chi connectivity index (χ4v) is 3.96. The van der Waals surface area contributed by atoms with Gasteiger partial charge in [-0.25, -0.2) is 13.4 Å². The molecule has 0 spiro atoms. The minimum Gasteiger partial charge on any atom is -0.269 e. The first-order valence-corrected chi connectivity index (χ1v) is 9.49. The van der Waals surface area contributed by atoms with E-state index >= 15 is 0 Å². The molecule has 8 heteroatoms. The van der Waals surface area contributed by atoms with E-state index in [1.165, 1.54) is 17.5 Å². The Morgan fingerprint density at radius 3 is 2.58 bits per heavy atom. The Hall–Kier alpha value is -1.93. The van der Waals surface area contributed by atoms with Crippen LogP contribution in [0.3, 0.4) is 0 Å². The summed E-state index contributed by atoms with van der Waals surface area (Å²) in [4.78, 5) is 4.41. The zero-order chi connectivity index (χ0) is 17.6. The molecule has 3 aromatic rings. The van der Waals surface area contributed by atoms with Gasteiger partial charge in [0, 0.05) is 30.2 Å². The number of benzene rings is 1. The van der Waals surface area contributed by atoms with E-state index in [0.717, 1.165) is 21.1 Å². The Labute approximate surface area is 149 Å². The molecule has 0 amide bonds. The van der Waals surface area contributed by atoms with Crippen LogP contribution in [0.5, 0.6) is 0 Å². The largest absolute Gasteiger partial charge is 0.269 e. The number of sulfonamides is 1. The van der Waals surface area contributed by atoms with Crippen LogP contribution in [0.4, 0.5) is 5.69 Å². The number of aromatic nitrogens is 3. The summed E-state index contributed by atoms with van der Waals surface area (Å²) in [6.45, 7) is 3.75. The lowest BCUT2D eigenvalue weighted by Crippen LogP contribution is -2.26. The maximum Gasteiger partial charge on any atom is 0.265 e. The minimum atomic E-state index is -3.70. The van der Waals surface area contributed by atoms with Crippen molar-refractivity contribution in [2.45, 2.75) is 18.7 Å². The fraction of sp³-hybridized carbons (Fsp3) is 0.250. The molecule has 126 valence electrons. The van der Waals surface area contributed by atoms with Gasteiger partial charge in [0.15, 0.2) is 5.65 Å². The second-order valence-electron chi connectivity index (χ2n) is 5.66. The van der Waals surface area contributed by atoms with Crippen LogP contribution in [0.1, 0.15) is 11.3 Å². The summed E-state index contributed by atoms with van der Waals surface area (Å²) in [7, 11) is -0.377. The molecule has 24 heavy (non-hydrogen) atoms. The monoisotopic (exact) mass is 408 g/mol. The second-order valence-corrected chi connectivity index (χ2v) is 8.48. The van der Waals surface area contributed by atoms with E-state index < -0.39 is 10.0 Å². The Balaban J connectivity index is 2.09. The number of anilines is 1. The van der Waals surface area contributed by atoms with Crippen molar-refractivity contribution in [1.82, 2.24) is 14.8 Å². The molecule has 0 aliphatic rings. The number of nitrogens with zero attached hydrogens (tertiary/aromatic N) is 4. The van der Waals surface area contributed by atoms with Gasteiger partial charge >= 0.3 is 0 Å². The third-order valence-electron chi connectivity index (χ3n) is 4.00. The number of hydrogen-bond donors (Lipinski definition) is 0. The summed E-state index contributed by atoms with van der Waals surface area (Å²) in [6.07, 6.45) is 1.38.